The van der Waals surface area contributed by atoms with E-state index in [4.69, 9.17) is 4.74 Å². The van der Waals surface area contributed by atoms with Gasteiger partial charge in [0.05, 0.1) is 7.11 Å². The Morgan fingerprint density at radius 1 is 0.926 bits per heavy atom. The third-order valence-corrected chi connectivity index (χ3v) is 4.75. The van der Waals surface area contributed by atoms with Gasteiger partial charge in [-0.25, -0.2) is 0 Å². The topological polar surface area (TPSA) is 15.7 Å². The third-order valence-electron chi connectivity index (χ3n) is 4.75. The predicted molar refractivity (Wildman–Crippen MR) is 102 cm³/mol. The maximum Gasteiger partial charge on any atom is 0.407 e. The lowest BCUT2D eigenvalue weighted by Gasteiger charge is -2.39. The highest BCUT2D eigenvalue weighted by Crippen LogP contribution is 2.28. The van der Waals surface area contributed by atoms with Crippen LogP contribution in [0.2, 0.25) is 0 Å². The SMILES string of the molecule is COc1ccc(/C=C/[C@@H](N2CCN(c3ccccc3)CC2)C(F)(F)F)cc1. The molecule has 0 spiro atoms. The first kappa shape index (κ1) is 19.3. The summed E-state index contributed by atoms with van der Waals surface area (Å²) in [6.45, 7) is 1.89. The molecule has 144 valence electrons. The zero-order valence-electron chi connectivity index (χ0n) is 15.2. The van der Waals surface area contributed by atoms with Gasteiger partial charge in [0.15, 0.2) is 0 Å². The van der Waals surface area contributed by atoms with Crippen molar-refractivity contribution in [1.29, 1.82) is 0 Å². The molecule has 1 aliphatic heterocycles. The van der Waals surface area contributed by atoms with Crippen molar-refractivity contribution in [2.75, 3.05) is 38.2 Å². The Hall–Kier alpha value is -2.47. The zero-order chi connectivity index (χ0) is 19.3. The van der Waals surface area contributed by atoms with Crippen LogP contribution < -0.4 is 9.64 Å². The fourth-order valence-electron chi connectivity index (χ4n) is 3.25. The molecule has 0 aliphatic carbocycles. The van der Waals surface area contributed by atoms with Crippen molar-refractivity contribution in [2.45, 2.75) is 12.2 Å². The van der Waals surface area contributed by atoms with Gasteiger partial charge in [-0.05, 0) is 29.8 Å². The van der Waals surface area contributed by atoms with E-state index in [-0.39, 0.29) is 0 Å². The van der Waals surface area contributed by atoms with Crippen LogP contribution in [-0.2, 0) is 0 Å². The molecule has 2 aromatic rings. The minimum absolute atomic E-state index is 0.367. The summed E-state index contributed by atoms with van der Waals surface area (Å²) >= 11 is 0. The van der Waals surface area contributed by atoms with Crippen molar-refractivity contribution in [1.82, 2.24) is 4.90 Å². The van der Waals surface area contributed by atoms with Gasteiger partial charge in [-0.15, -0.1) is 0 Å². The van der Waals surface area contributed by atoms with Gasteiger partial charge < -0.3 is 9.64 Å². The maximum atomic E-state index is 13.6. The van der Waals surface area contributed by atoms with Gasteiger partial charge in [-0.1, -0.05) is 42.5 Å². The molecule has 0 bridgehead atoms. The van der Waals surface area contributed by atoms with Gasteiger partial charge >= 0.3 is 6.18 Å². The molecule has 3 nitrogen and oxygen atoms in total. The molecule has 1 heterocycles. The number of anilines is 1. The highest BCUT2D eigenvalue weighted by Gasteiger charge is 2.42. The molecule has 2 aromatic carbocycles. The summed E-state index contributed by atoms with van der Waals surface area (Å²) in [7, 11) is 1.56. The highest BCUT2D eigenvalue weighted by molar-refractivity contribution is 5.51. The first-order chi connectivity index (χ1) is 13.0. The lowest BCUT2D eigenvalue weighted by atomic mass is 10.1. The number of benzene rings is 2. The molecule has 1 saturated heterocycles. The van der Waals surface area contributed by atoms with E-state index in [2.05, 4.69) is 4.90 Å². The van der Waals surface area contributed by atoms with Crippen LogP contribution in [0.4, 0.5) is 18.9 Å². The number of nitrogens with zero attached hydrogens (tertiary/aromatic N) is 2. The molecule has 0 saturated carbocycles. The summed E-state index contributed by atoms with van der Waals surface area (Å²) in [5, 5.41) is 0. The molecule has 0 N–H and O–H groups in total. The Morgan fingerprint density at radius 2 is 1.56 bits per heavy atom. The molecule has 27 heavy (non-hydrogen) atoms. The summed E-state index contributed by atoms with van der Waals surface area (Å²) < 4.78 is 45.9. The van der Waals surface area contributed by atoms with Crippen molar-refractivity contribution < 1.29 is 17.9 Å². The van der Waals surface area contributed by atoms with Crippen LogP contribution in [0, 0.1) is 0 Å². The molecule has 0 amide bonds. The van der Waals surface area contributed by atoms with Gasteiger partial charge in [-0.2, -0.15) is 13.2 Å². The van der Waals surface area contributed by atoms with Crippen LogP contribution in [0.5, 0.6) is 5.75 Å². The van der Waals surface area contributed by atoms with E-state index in [1.165, 1.54) is 17.1 Å². The summed E-state index contributed by atoms with van der Waals surface area (Å²) in [5.74, 6) is 0.677. The van der Waals surface area contributed by atoms with Crippen molar-refractivity contribution in [3.63, 3.8) is 0 Å². The number of methoxy groups -OCH3 is 1. The summed E-state index contributed by atoms with van der Waals surface area (Å²) in [6.07, 6.45) is -1.53. The van der Waals surface area contributed by atoms with E-state index in [1.54, 1.807) is 31.4 Å². The van der Waals surface area contributed by atoms with Crippen molar-refractivity contribution in [3.05, 3.63) is 66.2 Å². The van der Waals surface area contributed by atoms with Crippen LogP contribution >= 0.6 is 0 Å². The van der Waals surface area contributed by atoms with E-state index in [0.717, 1.165) is 5.69 Å². The van der Waals surface area contributed by atoms with Crippen molar-refractivity contribution in [3.8, 4) is 5.75 Å². The predicted octanol–water partition coefficient (Wildman–Crippen LogP) is 4.46. The van der Waals surface area contributed by atoms with E-state index >= 15 is 0 Å². The first-order valence-corrected chi connectivity index (χ1v) is 8.90. The smallest absolute Gasteiger partial charge is 0.407 e. The first-order valence-electron chi connectivity index (χ1n) is 8.90. The summed E-state index contributed by atoms with van der Waals surface area (Å²) in [5.41, 5.74) is 1.77. The molecule has 6 heteroatoms. The number of piperazine rings is 1. The normalized spacial score (nSPS) is 17.3. The number of hydrogen-bond acceptors (Lipinski definition) is 3. The quantitative estimate of drug-likeness (QED) is 0.766. The van der Waals surface area contributed by atoms with Crippen LogP contribution in [0.25, 0.3) is 6.08 Å². The lowest BCUT2D eigenvalue weighted by Crippen LogP contribution is -2.54. The third kappa shape index (κ3) is 5.04. The van der Waals surface area contributed by atoms with Crippen LogP contribution in [0.15, 0.2) is 60.7 Å². The minimum Gasteiger partial charge on any atom is -0.497 e. The van der Waals surface area contributed by atoms with E-state index in [1.807, 2.05) is 30.3 Å². The fourth-order valence-corrected chi connectivity index (χ4v) is 3.25. The molecule has 0 unspecified atom stereocenters. The Kier molecular flexibility index (Phi) is 6.06. The average molecular weight is 376 g/mol. The van der Waals surface area contributed by atoms with Crippen LogP contribution in [0.3, 0.4) is 0 Å². The molecule has 1 aliphatic rings. The summed E-state index contributed by atoms with van der Waals surface area (Å²) in [4.78, 5) is 3.62. The second-order valence-electron chi connectivity index (χ2n) is 6.48. The summed E-state index contributed by atoms with van der Waals surface area (Å²) in [6, 6.07) is 15.2. The van der Waals surface area contributed by atoms with Gasteiger partial charge in [0.25, 0.3) is 0 Å². The number of ether oxygens (including phenoxy) is 1. The monoisotopic (exact) mass is 376 g/mol. The Labute approximate surface area is 157 Å². The molecule has 1 atom stereocenters. The molecule has 3 rings (SSSR count). The Bertz CT molecular complexity index is 736. The van der Waals surface area contributed by atoms with E-state index in [9.17, 15) is 13.2 Å². The largest absolute Gasteiger partial charge is 0.497 e. The molecule has 0 aromatic heterocycles. The average Bonchev–Trinajstić information content (AvgIpc) is 2.69. The van der Waals surface area contributed by atoms with Gasteiger partial charge in [0, 0.05) is 31.9 Å². The number of halogens is 3. The van der Waals surface area contributed by atoms with Crippen molar-refractivity contribution >= 4 is 11.8 Å². The number of rotatable bonds is 5. The van der Waals surface area contributed by atoms with Crippen LogP contribution in [-0.4, -0.2) is 50.4 Å². The molecule has 1 fully saturated rings. The molecular formula is C21H23F3N2O. The van der Waals surface area contributed by atoms with Gasteiger partial charge in [0.2, 0.25) is 0 Å². The van der Waals surface area contributed by atoms with Crippen LogP contribution in [0.1, 0.15) is 5.56 Å². The highest BCUT2D eigenvalue weighted by atomic mass is 19.4. The number of para-hydroxylation sites is 1. The number of alkyl halides is 3. The zero-order valence-corrected chi connectivity index (χ0v) is 15.2. The maximum absolute atomic E-state index is 13.6. The van der Waals surface area contributed by atoms with Gasteiger partial charge in [0.1, 0.15) is 11.8 Å². The molecular weight excluding hydrogens is 353 g/mol. The Morgan fingerprint density at radius 3 is 2.11 bits per heavy atom. The fraction of sp³-hybridized carbons (Fsp3) is 0.333. The van der Waals surface area contributed by atoms with Crippen molar-refractivity contribution in [2.24, 2.45) is 0 Å². The number of hydrogen-bond donors (Lipinski definition) is 0. The molecule has 0 radical (unpaired) electrons. The van der Waals surface area contributed by atoms with Gasteiger partial charge in [-0.3, -0.25) is 4.90 Å². The minimum atomic E-state index is -4.31. The van der Waals surface area contributed by atoms with E-state index < -0.39 is 12.2 Å². The van der Waals surface area contributed by atoms with E-state index in [0.29, 0.717) is 37.5 Å². The second kappa shape index (κ2) is 8.48. The lowest BCUT2D eigenvalue weighted by molar-refractivity contribution is -0.170. The standard InChI is InChI=1S/C21H23F3N2O/c1-27-19-10-7-17(8-11-19)9-12-20(21(22,23)24)26-15-13-25(14-16-26)18-5-3-2-4-6-18/h2-12,20H,13-16H2,1H3/b12-9+/t20-/m1/s1. The second-order valence-corrected chi connectivity index (χ2v) is 6.48. The Balaban J connectivity index is 1.67.